The van der Waals surface area contributed by atoms with E-state index in [0.717, 1.165) is 17.9 Å². The Labute approximate surface area is 126 Å². The van der Waals surface area contributed by atoms with Crippen LogP contribution in [0.25, 0.3) is 0 Å². The van der Waals surface area contributed by atoms with E-state index in [9.17, 15) is 9.90 Å². The van der Waals surface area contributed by atoms with Crippen LogP contribution in [-0.2, 0) is 0 Å². The fourth-order valence-electron chi connectivity index (χ4n) is 2.33. The van der Waals surface area contributed by atoms with Gasteiger partial charge in [-0.15, -0.1) is 0 Å². The van der Waals surface area contributed by atoms with E-state index >= 15 is 0 Å². The summed E-state index contributed by atoms with van der Waals surface area (Å²) in [7, 11) is 0. The summed E-state index contributed by atoms with van der Waals surface area (Å²) in [6.45, 7) is 1.26. The maximum atomic E-state index is 11.2. The minimum absolute atomic E-state index is 0.0457. The smallest absolute Gasteiger partial charge is 0.337 e. The summed E-state index contributed by atoms with van der Waals surface area (Å²) in [6, 6.07) is 8.98. The first-order chi connectivity index (χ1) is 10.2. The topological polar surface area (TPSA) is 62.7 Å². The van der Waals surface area contributed by atoms with Gasteiger partial charge in [-0.2, -0.15) is 0 Å². The molecule has 21 heavy (non-hydrogen) atoms. The van der Waals surface area contributed by atoms with Crippen LogP contribution in [0.1, 0.15) is 16.8 Å². The van der Waals surface area contributed by atoms with Crippen LogP contribution in [0, 0.1) is 0 Å². The molecule has 0 saturated carbocycles. The number of ether oxygens (including phenoxy) is 1. The van der Waals surface area contributed by atoms with Gasteiger partial charge >= 0.3 is 5.97 Å². The molecule has 6 heteroatoms. The molecule has 0 radical (unpaired) electrons. The van der Waals surface area contributed by atoms with E-state index in [0.29, 0.717) is 19.0 Å². The number of rotatable bonds is 2. The number of hydrogen-bond donors (Lipinski definition) is 1. The quantitative estimate of drug-likeness (QED) is 0.922. The zero-order valence-corrected chi connectivity index (χ0v) is 11.9. The Morgan fingerprint density at radius 1 is 1.33 bits per heavy atom. The van der Waals surface area contributed by atoms with Crippen LogP contribution < -0.4 is 9.64 Å². The van der Waals surface area contributed by atoms with Gasteiger partial charge in [0.25, 0.3) is 0 Å². The van der Waals surface area contributed by atoms with Crippen LogP contribution >= 0.6 is 11.6 Å². The lowest BCUT2D eigenvalue weighted by atomic mass is 10.2. The number of anilines is 2. The van der Waals surface area contributed by atoms with E-state index in [-0.39, 0.29) is 10.6 Å². The number of aromatic nitrogens is 1. The number of carboxylic acid groups (broad SMARTS) is 1. The van der Waals surface area contributed by atoms with Gasteiger partial charge < -0.3 is 14.7 Å². The highest BCUT2D eigenvalue weighted by atomic mass is 35.5. The van der Waals surface area contributed by atoms with E-state index in [1.165, 1.54) is 12.3 Å². The first kappa shape index (κ1) is 13.7. The van der Waals surface area contributed by atoms with Crippen LogP contribution in [0.3, 0.4) is 0 Å². The maximum absolute atomic E-state index is 11.2. The summed E-state index contributed by atoms with van der Waals surface area (Å²) in [5.74, 6) is 0.117. The molecular weight excluding hydrogens is 292 g/mol. The second kappa shape index (κ2) is 5.61. The number of carbonyl (C=O) groups is 1. The van der Waals surface area contributed by atoms with Gasteiger partial charge in [0, 0.05) is 12.7 Å². The van der Waals surface area contributed by atoms with Crippen molar-refractivity contribution >= 4 is 29.1 Å². The molecule has 0 unspecified atom stereocenters. The van der Waals surface area contributed by atoms with Crippen LogP contribution in [-0.4, -0.2) is 29.2 Å². The Bertz CT molecular complexity index is 690. The van der Waals surface area contributed by atoms with E-state index in [1.54, 1.807) is 0 Å². The third-order valence-corrected chi connectivity index (χ3v) is 3.67. The Morgan fingerprint density at radius 3 is 2.95 bits per heavy atom. The molecule has 0 bridgehead atoms. The molecule has 1 aromatic heterocycles. The minimum atomic E-state index is -1.07. The van der Waals surface area contributed by atoms with Crippen molar-refractivity contribution in [3.63, 3.8) is 0 Å². The standard InChI is InChI=1S/C15H13ClN2O3/c16-13-10(15(19)20)6-7-17-14(13)18-8-3-9-21-12-5-2-1-4-11(12)18/h1-2,4-7H,3,8-9H2,(H,19,20). The molecule has 1 aromatic carbocycles. The van der Waals surface area contributed by atoms with Crippen LogP contribution in [0.15, 0.2) is 36.5 Å². The molecule has 1 aliphatic rings. The number of pyridine rings is 1. The van der Waals surface area contributed by atoms with Gasteiger partial charge in [-0.3, -0.25) is 0 Å². The average Bonchev–Trinajstić information content (AvgIpc) is 2.69. The van der Waals surface area contributed by atoms with E-state index in [4.69, 9.17) is 16.3 Å². The normalized spacial score (nSPS) is 14.0. The second-order valence-electron chi connectivity index (χ2n) is 4.62. The molecule has 0 fully saturated rings. The lowest BCUT2D eigenvalue weighted by Gasteiger charge is -2.24. The largest absolute Gasteiger partial charge is 0.491 e. The Hall–Kier alpha value is -2.27. The molecule has 3 rings (SSSR count). The first-order valence-electron chi connectivity index (χ1n) is 6.55. The van der Waals surface area contributed by atoms with Crippen LogP contribution in [0.2, 0.25) is 5.02 Å². The van der Waals surface area contributed by atoms with E-state index < -0.39 is 5.97 Å². The fourth-order valence-corrected chi connectivity index (χ4v) is 2.63. The second-order valence-corrected chi connectivity index (χ2v) is 5.00. The zero-order chi connectivity index (χ0) is 14.8. The molecule has 2 aromatic rings. The number of carboxylic acids is 1. The summed E-state index contributed by atoms with van der Waals surface area (Å²) in [5, 5.41) is 9.32. The van der Waals surface area contributed by atoms with Gasteiger partial charge in [0.2, 0.25) is 0 Å². The minimum Gasteiger partial charge on any atom is -0.491 e. The number of halogens is 1. The number of benzene rings is 1. The molecule has 0 aliphatic carbocycles. The lowest BCUT2D eigenvalue weighted by molar-refractivity contribution is 0.0697. The number of fused-ring (bicyclic) bond motifs is 1. The van der Waals surface area contributed by atoms with Crippen molar-refractivity contribution in [2.45, 2.75) is 6.42 Å². The highest BCUT2D eigenvalue weighted by Gasteiger charge is 2.23. The van der Waals surface area contributed by atoms with Gasteiger partial charge in [-0.1, -0.05) is 23.7 Å². The third-order valence-electron chi connectivity index (χ3n) is 3.30. The zero-order valence-electron chi connectivity index (χ0n) is 11.1. The van der Waals surface area contributed by atoms with Gasteiger partial charge in [0.1, 0.15) is 5.75 Å². The number of hydrogen-bond acceptors (Lipinski definition) is 4. The van der Waals surface area contributed by atoms with Crippen molar-refractivity contribution in [2.24, 2.45) is 0 Å². The predicted molar refractivity (Wildman–Crippen MR) is 79.8 cm³/mol. The highest BCUT2D eigenvalue weighted by Crippen LogP contribution is 2.38. The SMILES string of the molecule is O=C(O)c1ccnc(N2CCCOc3ccccc32)c1Cl. The molecule has 1 aliphatic heterocycles. The van der Waals surface area contributed by atoms with E-state index in [2.05, 4.69) is 4.98 Å². The molecule has 1 N–H and O–H groups in total. The van der Waals surface area contributed by atoms with E-state index in [1.807, 2.05) is 29.2 Å². The number of aromatic carboxylic acids is 1. The average molecular weight is 305 g/mol. The molecular formula is C15H13ClN2O3. The lowest BCUT2D eigenvalue weighted by Crippen LogP contribution is -2.20. The summed E-state index contributed by atoms with van der Waals surface area (Å²) < 4.78 is 5.69. The molecule has 2 heterocycles. The monoisotopic (exact) mass is 304 g/mol. The molecule has 108 valence electrons. The van der Waals surface area contributed by atoms with Crippen molar-refractivity contribution in [3.8, 4) is 5.75 Å². The third kappa shape index (κ3) is 2.52. The van der Waals surface area contributed by atoms with Crippen molar-refractivity contribution in [1.82, 2.24) is 4.98 Å². The van der Waals surface area contributed by atoms with Crippen molar-refractivity contribution in [2.75, 3.05) is 18.1 Å². The van der Waals surface area contributed by atoms with Crippen molar-refractivity contribution < 1.29 is 14.6 Å². The molecule has 0 atom stereocenters. The molecule has 0 spiro atoms. The highest BCUT2D eigenvalue weighted by molar-refractivity contribution is 6.36. The number of para-hydroxylation sites is 2. The van der Waals surface area contributed by atoms with Crippen molar-refractivity contribution in [1.29, 1.82) is 0 Å². The van der Waals surface area contributed by atoms with Gasteiger partial charge in [0.05, 0.1) is 22.9 Å². The van der Waals surface area contributed by atoms with Gasteiger partial charge in [0.15, 0.2) is 5.82 Å². The van der Waals surface area contributed by atoms with Gasteiger partial charge in [-0.25, -0.2) is 9.78 Å². The summed E-state index contributed by atoms with van der Waals surface area (Å²) >= 11 is 6.23. The Morgan fingerprint density at radius 2 is 2.14 bits per heavy atom. The summed E-state index contributed by atoms with van der Waals surface area (Å²) in [5.41, 5.74) is 0.885. The predicted octanol–water partition coefficient (Wildman–Crippen LogP) is 3.35. The van der Waals surface area contributed by atoms with Crippen molar-refractivity contribution in [3.05, 3.63) is 47.1 Å². The Balaban J connectivity index is 2.12. The van der Waals surface area contributed by atoms with Gasteiger partial charge in [-0.05, 0) is 24.6 Å². The molecule has 5 nitrogen and oxygen atoms in total. The summed E-state index contributed by atoms with van der Waals surface area (Å²) in [6.07, 6.45) is 2.25. The fraction of sp³-hybridized carbons (Fsp3) is 0.200. The number of nitrogens with zero attached hydrogens (tertiary/aromatic N) is 2. The first-order valence-corrected chi connectivity index (χ1v) is 6.93. The summed E-state index contributed by atoms with van der Waals surface area (Å²) in [4.78, 5) is 17.4. The molecule has 0 amide bonds. The molecule has 0 saturated heterocycles. The Kier molecular flexibility index (Phi) is 3.66. The van der Waals surface area contributed by atoms with Crippen LogP contribution in [0.4, 0.5) is 11.5 Å². The maximum Gasteiger partial charge on any atom is 0.337 e. The van der Waals surface area contributed by atoms with Crippen LogP contribution in [0.5, 0.6) is 5.75 Å².